The average Bonchev–Trinajstić information content (AvgIpc) is 2.65. The van der Waals surface area contributed by atoms with E-state index in [4.69, 9.17) is 14.2 Å². The fourth-order valence-electron chi connectivity index (χ4n) is 4.96. The number of likely N-dealkylation sites (N-methyl/N-ethyl adjacent to an activating group) is 1. The summed E-state index contributed by atoms with van der Waals surface area (Å²) in [5.41, 5.74) is -1.15. The number of rotatable bonds is 3. The molecule has 7 nitrogen and oxygen atoms in total. The molecule has 2 aliphatic heterocycles. The molecule has 0 radical (unpaired) electrons. The molecule has 0 bridgehead atoms. The van der Waals surface area contributed by atoms with E-state index in [9.17, 15) is 15.0 Å². The highest BCUT2D eigenvalue weighted by atomic mass is 16.8. The second kappa shape index (κ2) is 6.78. The van der Waals surface area contributed by atoms with Crippen LogP contribution < -0.4 is 5.32 Å². The fraction of sp³-hybridized carbons (Fsp3) is 0.944. The minimum atomic E-state index is -1.35. The third-order valence-electron chi connectivity index (χ3n) is 6.44. The Kier molecular flexibility index (Phi) is 5.16. The number of hydrogen-bond acceptors (Lipinski definition) is 6. The smallest absolute Gasteiger partial charge is 0.245 e. The molecule has 0 aromatic rings. The van der Waals surface area contributed by atoms with Gasteiger partial charge in [0.1, 0.15) is 12.2 Å². The van der Waals surface area contributed by atoms with Gasteiger partial charge in [-0.25, -0.2) is 0 Å². The van der Waals surface area contributed by atoms with Crippen molar-refractivity contribution in [2.75, 3.05) is 13.7 Å². The van der Waals surface area contributed by atoms with Gasteiger partial charge in [0, 0.05) is 25.3 Å². The lowest BCUT2D eigenvalue weighted by Gasteiger charge is -2.57. The first-order chi connectivity index (χ1) is 11.7. The number of hydrogen-bond donors (Lipinski definition) is 3. The van der Waals surface area contributed by atoms with Crippen LogP contribution in [0.2, 0.25) is 0 Å². The predicted octanol–water partition coefficient (Wildman–Crippen LogP) is 0.980. The molecule has 7 heteroatoms. The standard InChI is InChI=1S/C18H31NO6/c1-10-5-6-13-11(2)15(23-9-14(20)19-4)24-16-18(13,22)12(10)7-8-17(3,21)25-16/h10-13,15-16,21-22H,5-9H2,1-4H3,(H,19,20)/t10-,11-,12?,13?,15?,16-,17?,18-/m1/s1. The maximum Gasteiger partial charge on any atom is 0.245 e. The quantitative estimate of drug-likeness (QED) is 0.697. The van der Waals surface area contributed by atoms with Gasteiger partial charge < -0.3 is 29.7 Å². The lowest BCUT2D eigenvalue weighted by molar-refractivity contribution is -0.407. The van der Waals surface area contributed by atoms with E-state index in [0.29, 0.717) is 18.8 Å². The molecule has 3 rings (SSSR count). The highest BCUT2D eigenvalue weighted by Crippen LogP contribution is 2.55. The van der Waals surface area contributed by atoms with Crippen LogP contribution in [0.5, 0.6) is 0 Å². The highest BCUT2D eigenvalue weighted by molar-refractivity contribution is 5.76. The lowest BCUT2D eigenvalue weighted by Crippen LogP contribution is -2.67. The van der Waals surface area contributed by atoms with Gasteiger partial charge >= 0.3 is 0 Å². The van der Waals surface area contributed by atoms with Gasteiger partial charge in [0.05, 0.1) is 0 Å². The summed E-state index contributed by atoms with van der Waals surface area (Å²) in [4.78, 5) is 11.5. The van der Waals surface area contributed by atoms with E-state index >= 15 is 0 Å². The summed E-state index contributed by atoms with van der Waals surface area (Å²) >= 11 is 0. The van der Waals surface area contributed by atoms with E-state index in [1.54, 1.807) is 14.0 Å². The molecule has 1 amide bonds. The third kappa shape index (κ3) is 3.32. The van der Waals surface area contributed by atoms with Crippen LogP contribution in [0.25, 0.3) is 0 Å². The minimum absolute atomic E-state index is 0.00701. The molecule has 2 heterocycles. The summed E-state index contributed by atoms with van der Waals surface area (Å²) in [6.07, 6.45) is 1.38. The molecule has 4 unspecified atom stereocenters. The second-order valence-electron chi connectivity index (χ2n) is 8.17. The Balaban J connectivity index is 1.88. The van der Waals surface area contributed by atoms with Gasteiger partial charge in [0.15, 0.2) is 18.4 Å². The first-order valence-corrected chi connectivity index (χ1v) is 9.29. The SMILES string of the molecule is CNC(=O)COC1O[C@@H]2OC(C)(O)CCC3[C@H](C)CCC([C@H]1C)[C@]32O. The number of carbonyl (C=O) groups is 1. The molecular weight excluding hydrogens is 326 g/mol. The van der Waals surface area contributed by atoms with Gasteiger partial charge in [-0.2, -0.15) is 0 Å². The van der Waals surface area contributed by atoms with Crippen molar-refractivity contribution in [2.45, 2.75) is 70.4 Å². The summed E-state index contributed by atoms with van der Waals surface area (Å²) < 4.78 is 17.4. The van der Waals surface area contributed by atoms with Crippen LogP contribution in [0.1, 0.15) is 46.5 Å². The van der Waals surface area contributed by atoms with E-state index in [-0.39, 0.29) is 30.3 Å². The third-order valence-corrected chi connectivity index (χ3v) is 6.44. The monoisotopic (exact) mass is 357 g/mol. The maximum atomic E-state index is 11.7. The van der Waals surface area contributed by atoms with Crippen LogP contribution in [0.3, 0.4) is 0 Å². The zero-order chi connectivity index (χ0) is 18.4. The van der Waals surface area contributed by atoms with Gasteiger partial charge in [-0.15, -0.1) is 0 Å². The van der Waals surface area contributed by atoms with Gasteiger partial charge in [-0.3, -0.25) is 4.79 Å². The maximum absolute atomic E-state index is 11.7. The molecule has 1 saturated carbocycles. The zero-order valence-electron chi connectivity index (χ0n) is 15.5. The molecule has 0 aromatic carbocycles. The Bertz CT molecular complexity index is 512. The van der Waals surface area contributed by atoms with Crippen LogP contribution in [-0.2, 0) is 19.0 Å². The molecule has 3 N–H and O–H groups in total. The Hall–Kier alpha value is -0.730. The van der Waals surface area contributed by atoms with Gasteiger partial charge in [-0.05, 0) is 38.0 Å². The zero-order valence-corrected chi connectivity index (χ0v) is 15.5. The molecule has 2 saturated heterocycles. The van der Waals surface area contributed by atoms with Crippen molar-refractivity contribution in [3.8, 4) is 0 Å². The summed E-state index contributed by atoms with van der Waals surface area (Å²) in [6, 6.07) is 0. The Morgan fingerprint density at radius 3 is 2.64 bits per heavy atom. The lowest BCUT2D eigenvalue weighted by atomic mass is 9.58. The van der Waals surface area contributed by atoms with E-state index in [2.05, 4.69) is 12.2 Å². The molecule has 8 atom stereocenters. The fourth-order valence-corrected chi connectivity index (χ4v) is 4.96. The number of amides is 1. The number of carbonyl (C=O) groups excluding carboxylic acids is 1. The average molecular weight is 357 g/mol. The molecule has 25 heavy (non-hydrogen) atoms. The summed E-state index contributed by atoms with van der Waals surface area (Å²) in [6.45, 7) is 5.63. The summed E-state index contributed by atoms with van der Waals surface area (Å²) in [5.74, 6) is -1.38. The Morgan fingerprint density at radius 2 is 1.96 bits per heavy atom. The second-order valence-corrected chi connectivity index (χ2v) is 8.17. The van der Waals surface area contributed by atoms with Crippen LogP contribution in [0.15, 0.2) is 0 Å². The normalized spacial score (nSPS) is 49.8. The molecule has 0 spiro atoms. The number of aliphatic hydroxyl groups is 2. The minimum Gasteiger partial charge on any atom is -0.384 e. The van der Waals surface area contributed by atoms with Crippen molar-refractivity contribution in [3.05, 3.63) is 0 Å². The van der Waals surface area contributed by atoms with Gasteiger partial charge in [-0.1, -0.05) is 13.8 Å². The van der Waals surface area contributed by atoms with E-state index < -0.39 is 24.0 Å². The number of ether oxygens (including phenoxy) is 3. The van der Waals surface area contributed by atoms with Crippen LogP contribution >= 0.6 is 0 Å². The molecule has 144 valence electrons. The van der Waals surface area contributed by atoms with Crippen molar-refractivity contribution < 1.29 is 29.2 Å². The van der Waals surface area contributed by atoms with Gasteiger partial charge in [0.25, 0.3) is 0 Å². The number of nitrogens with one attached hydrogen (secondary N) is 1. The summed E-state index contributed by atoms with van der Waals surface area (Å²) in [7, 11) is 1.55. The van der Waals surface area contributed by atoms with Crippen LogP contribution in [0.4, 0.5) is 0 Å². The van der Waals surface area contributed by atoms with E-state index in [1.165, 1.54) is 0 Å². The predicted molar refractivity (Wildman–Crippen MR) is 89.1 cm³/mol. The first kappa shape index (κ1) is 19.0. The highest BCUT2D eigenvalue weighted by Gasteiger charge is 2.63. The van der Waals surface area contributed by atoms with Crippen molar-refractivity contribution >= 4 is 5.91 Å². The molecule has 3 aliphatic rings. The molecule has 1 aliphatic carbocycles. The van der Waals surface area contributed by atoms with Crippen LogP contribution in [-0.4, -0.2) is 53.7 Å². The van der Waals surface area contributed by atoms with Crippen molar-refractivity contribution in [1.82, 2.24) is 5.32 Å². The van der Waals surface area contributed by atoms with Crippen molar-refractivity contribution in [1.29, 1.82) is 0 Å². The molecular formula is C18H31NO6. The topological polar surface area (TPSA) is 97.3 Å². The molecule has 3 fully saturated rings. The largest absolute Gasteiger partial charge is 0.384 e. The van der Waals surface area contributed by atoms with E-state index in [0.717, 1.165) is 12.8 Å². The van der Waals surface area contributed by atoms with E-state index in [1.807, 2.05) is 6.92 Å². The van der Waals surface area contributed by atoms with Crippen LogP contribution in [0, 0.1) is 23.7 Å². The summed E-state index contributed by atoms with van der Waals surface area (Å²) in [5, 5.41) is 24.7. The van der Waals surface area contributed by atoms with Crippen molar-refractivity contribution in [3.63, 3.8) is 0 Å². The van der Waals surface area contributed by atoms with Crippen molar-refractivity contribution in [2.24, 2.45) is 23.7 Å². The van der Waals surface area contributed by atoms with Gasteiger partial charge in [0.2, 0.25) is 5.91 Å². The first-order valence-electron chi connectivity index (χ1n) is 9.29. The Labute approximate surface area is 149 Å². The Morgan fingerprint density at radius 1 is 1.24 bits per heavy atom. The molecule has 0 aromatic heterocycles.